The summed E-state index contributed by atoms with van der Waals surface area (Å²) in [6, 6.07) is -0.224. The van der Waals surface area contributed by atoms with E-state index in [9.17, 15) is 27.2 Å². The Labute approximate surface area is 109 Å². The fraction of sp³-hybridized carbons (Fsp3) is 0.364. The van der Waals surface area contributed by atoms with Gasteiger partial charge in [-0.2, -0.15) is 17.6 Å². The predicted molar refractivity (Wildman–Crippen MR) is 57.6 cm³/mol. The fourth-order valence-electron chi connectivity index (χ4n) is 1.98. The van der Waals surface area contributed by atoms with Gasteiger partial charge in [0.15, 0.2) is 11.8 Å². The van der Waals surface area contributed by atoms with E-state index in [1.807, 2.05) is 0 Å². The highest BCUT2D eigenvalue weighted by Crippen LogP contribution is 2.32. The number of ketones is 1. The molecule has 1 aromatic rings. The number of carbonyl (C=O) groups is 2. The Balaban J connectivity index is 2.37. The van der Waals surface area contributed by atoms with E-state index in [1.165, 1.54) is 0 Å². The maximum atomic E-state index is 13.3. The highest BCUT2D eigenvalue weighted by atomic mass is 19.4. The Morgan fingerprint density at radius 1 is 1.40 bits per heavy atom. The molecule has 108 valence electrons. The molecule has 1 N–H and O–H groups in total. The van der Waals surface area contributed by atoms with Crippen LogP contribution in [0.1, 0.15) is 12.0 Å². The average molecular weight is 292 g/mol. The van der Waals surface area contributed by atoms with Gasteiger partial charge in [0.25, 0.3) is 0 Å². The van der Waals surface area contributed by atoms with Gasteiger partial charge in [-0.1, -0.05) is 0 Å². The Kier molecular flexibility index (Phi) is 3.36. The van der Waals surface area contributed by atoms with Gasteiger partial charge in [-0.05, 0) is 12.1 Å². The number of carboxylic acid groups (broad SMARTS) is 1. The van der Waals surface area contributed by atoms with Gasteiger partial charge in [0.1, 0.15) is 11.4 Å². The summed E-state index contributed by atoms with van der Waals surface area (Å²) >= 11 is 0. The molecule has 0 radical (unpaired) electrons. The molecule has 0 amide bonds. The standard InChI is InChI=1S/C11H8F4N2O3/c12-9-5(11(13,14)15)1-2-7(16-9)17-4-3-6(18)8(17)10(19)20/h1-2,8H,3-4H2,(H,19,20). The zero-order chi connectivity index (χ0) is 15.1. The monoisotopic (exact) mass is 292 g/mol. The zero-order valence-corrected chi connectivity index (χ0v) is 9.82. The second-order valence-electron chi connectivity index (χ2n) is 4.16. The van der Waals surface area contributed by atoms with Crippen molar-refractivity contribution < 1.29 is 32.3 Å². The van der Waals surface area contributed by atoms with Crippen molar-refractivity contribution in [1.82, 2.24) is 4.98 Å². The largest absolute Gasteiger partial charge is 0.479 e. The second-order valence-corrected chi connectivity index (χ2v) is 4.16. The van der Waals surface area contributed by atoms with E-state index in [0.717, 1.165) is 11.0 Å². The van der Waals surface area contributed by atoms with Crippen LogP contribution in [-0.2, 0) is 15.8 Å². The topological polar surface area (TPSA) is 70.5 Å². The van der Waals surface area contributed by atoms with E-state index in [1.54, 1.807) is 0 Å². The number of aliphatic carboxylic acids is 1. The van der Waals surface area contributed by atoms with Crippen LogP contribution in [0, 0.1) is 5.95 Å². The molecule has 1 unspecified atom stereocenters. The molecule has 9 heteroatoms. The van der Waals surface area contributed by atoms with Gasteiger partial charge in [0.05, 0.1) is 0 Å². The molecule has 1 aromatic heterocycles. The first-order valence-corrected chi connectivity index (χ1v) is 5.47. The Bertz CT molecular complexity index is 573. The maximum absolute atomic E-state index is 13.3. The third kappa shape index (κ3) is 2.43. The summed E-state index contributed by atoms with van der Waals surface area (Å²) in [7, 11) is 0. The highest BCUT2D eigenvalue weighted by Gasteiger charge is 2.40. The molecule has 1 aliphatic rings. The SMILES string of the molecule is O=C(O)C1C(=O)CCN1c1ccc(C(F)(F)F)c(F)n1. The number of nitrogens with zero attached hydrogens (tertiary/aromatic N) is 2. The van der Waals surface area contributed by atoms with Crippen LogP contribution in [0.25, 0.3) is 0 Å². The Morgan fingerprint density at radius 2 is 2.05 bits per heavy atom. The van der Waals surface area contributed by atoms with Gasteiger partial charge in [-0.25, -0.2) is 9.78 Å². The second kappa shape index (κ2) is 4.73. The van der Waals surface area contributed by atoms with Crippen LogP contribution in [0.15, 0.2) is 12.1 Å². The van der Waals surface area contributed by atoms with Crippen molar-refractivity contribution in [2.24, 2.45) is 0 Å². The van der Waals surface area contributed by atoms with Crippen LogP contribution >= 0.6 is 0 Å². The molecule has 2 rings (SSSR count). The first kappa shape index (κ1) is 14.2. The molecule has 2 heterocycles. The van der Waals surface area contributed by atoms with Gasteiger partial charge in [-0.3, -0.25) is 4.79 Å². The molecule has 0 aliphatic carbocycles. The van der Waals surface area contributed by atoms with Gasteiger partial charge in [0.2, 0.25) is 5.95 Å². The lowest BCUT2D eigenvalue weighted by Gasteiger charge is -2.21. The average Bonchev–Trinajstić information content (AvgIpc) is 2.69. The summed E-state index contributed by atoms with van der Waals surface area (Å²) in [6.07, 6.45) is -4.97. The zero-order valence-electron chi connectivity index (χ0n) is 9.82. The van der Waals surface area contributed by atoms with Crippen molar-refractivity contribution >= 4 is 17.6 Å². The number of hydrogen-bond donors (Lipinski definition) is 1. The lowest BCUT2D eigenvalue weighted by atomic mass is 10.2. The molecular formula is C11H8F4N2O3. The minimum Gasteiger partial charge on any atom is -0.479 e. The van der Waals surface area contributed by atoms with Gasteiger partial charge < -0.3 is 10.0 Å². The molecule has 0 aromatic carbocycles. The van der Waals surface area contributed by atoms with E-state index >= 15 is 0 Å². The first-order chi connectivity index (χ1) is 9.21. The van der Waals surface area contributed by atoms with Crippen molar-refractivity contribution in [3.8, 4) is 0 Å². The minimum atomic E-state index is -4.89. The number of anilines is 1. The summed E-state index contributed by atoms with van der Waals surface area (Å²) in [5.74, 6) is -4.11. The molecule has 20 heavy (non-hydrogen) atoms. The summed E-state index contributed by atoms with van der Waals surface area (Å²) in [6.45, 7) is -0.0341. The highest BCUT2D eigenvalue weighted by molar-refractivity contribution is 6.07. The molecule has 1 atom stereocenters. The number of halogens is 4. The summed E-state index contributed by atoms with van der Waals surface area (Å²) < 4.78 is 50.5. The van der Waals surface area contributed by atoms with Crippen molar-refractivity contribution in [3.63, 3.8) is 0 Å². The quantitative estimate of drug-likeness (QED) is 0.508. The van der Waals surface area contributed by atoms with Crippen molar-refractivity contribution in [3.05, 3.63) is 23.6 Å². The van der Waals surface area contributed by atoms with E-state index in [-0.39, 0.29) is 18.8 Å². The fourth-order valence-corrected chi connectivity index (χ4v) is 1.98. The lowest BCUT2D eigenvalue weighted by Crippen LogP contribution is -2.40. The molecule has 0 bridgehead atoms. The molecule has 1 aliphatic heterocycles. The number of Topliss-reactive ketones (excluding diaryl/α,β-unsaturated/α-hetero) is 1. The number of pyridine rings is 1. The number of alkyl halides is 3. The number of hydrogen-bond acceptors (Lipinski definition) is 4. The molecule has 0 saturated carbocycles. The van der Waals surface area contributed by atoms with Crippen LogP contribution in [0.2, 0.25) is 0 Å². The van der Waals surface area contributed by atoms with Gasteiger partial charge in [0, 0.05) is 13.0 Å². The van der Waals surface area contributed by atoms with E-state index in [2.05, 4.69) is 4.98 Å². The lowest BCUT2D eigenvalue weighted by molar-refractivity contribution is -0.142. The maximum Gasteiger partial charge on any atom is 0.420 e. The number of aromatic nitrogens is 1. The predicted octanol–water partition coefficient (Wildman–Crippen LogP) is 1.47. The summed E-state index contributed by atoms with van der Waals surface area (Å²) in [5, 5.41) is 8.90. The third-order valence-electron chi connectivity index (χ3n) is 2.88. The Morgan fingerprint density at radius 3 is 2.55 bits per heavy atom. The molecule has 5 nitrogen and oxygen atoms in total. The van der Waals surface area contributed by atoms with E-state index in [4.69, 9.17) is 5.11 Å². The summed E-state index contributed by atoms with van der Waals surface area (Å²) in [5.41, 5.74) is -1.54. The minimum absolute atomic E-state index is 0.0341. The van der Waals surface area contributed by atoms with E-state index < -0.39 is 35.5 Å². The van der Waals surface area contributed by atoms with Crippen LogP contribution in [0.3, 0.4) is 0 Å². The number of carbonyl (C=O) groups excluding carboxylic acids is 1. The number of carboxylic acids is 1. The Hall–Kier alpha value is -2.19. The van der Waals surface area contributed by atoms with Gasteiger partial charge >= 0.3 is 12.1 Å². The van der Waals surface area contributed by atoms with Crippen molar-refractivity contribution in [2.45, 2.75) is 18.6 Å². The molecule has 1 saturated heterocycles. The van der Waals surface area contributed by atoms with E-state index in [0.29, 0.717) is 6.07 Å². The van der Waals surface area contributed by atoms with Crippen molar-refractivity contribution in [1.29, 1.82) is 0 Å². The summed E-state index contributed by atoms with van der Waals surface area (Å²) in [4.78, 5) is 26.4. The smallest absolute Gasteiger partial charge is 0.420 e. The molecular weight excluding hydrogens is 284 g/mol. The normalized spacial score (nSPS) is 19.5. The number of rotatable bonds is 2. The van der Waals surface area contributed by atoms with Gasteiger partial charge in [-0.15, -0.1) is 0 Å². The van der Waals surface area contributed by atoms with Crippen LogP contribution in [-0.4, -0.2) is 34.4 Å². The molecule has 1 fully saturated rings. The van der Waals surface area contributed by atoms with Crippen LogP contribution in [0.4, 0.5) is 23.4 Å². The third-order valence-corrected chi connectivity index (χ3v) is 2.88. The first-order valence-electron chi connectivity index (χ1n) is 5.47. The molecule has 0 spiro atoms. The van der Waals surface area contributed by atoms with Crippen molar-refractivity contribution in [2.75, 3.05) is 11.4 Å². The van der Waals surface area contributed by atoms with Crippen LogP contribution in [0.5, 0.6) is 0 Å². The van der Waals surface area contributed by atoms with Crippen LogP contribution < -0.4 is 4.90 Å².